The molecule has 0 fully saturated rings. The van der Waals surface area contributed by atoms with E-state index in [1.807, 2.05) is 13.0 Å². The molecule has 2 aromatic carbocycles. The van der Waals surface area contributed by atoms with Crippen molar-refractivity contribution in [2.24, 2.45) is 5.73 Å². The molecule has 2 N–H and O–H groups in total. The molecule has 0 aliphatic rings. The largest absolute Gasteiger partial charge is 0.326 e. The van der Waals surface area contributed by atoms with Gasteiger partial charge in [0.1, 0.15) is 5.82 Å². The molecule has 0 amide bonds. The van der Waals surface area contributed by atoms with Crippen LogP contribution in [0.15, 0.2) is 47.4 Å². The second-order valence-electron chi connectivity index (χ2n) is 4.77. The van der Waals surface area contributed by atoms with E-state index < -0.39 is 15.8 Å². The molecule has 6 heteroatoms. The standard InChI is InChI=1S/C15H17FN2O2S/c1-11-4-3-5-14(8-11)18(2)21(19,20)15-9-13(16)7-6-12(15)10-17/h3-9H,10,17H2,1-2H3. The molecular formula is C15H17FN2O2S. The number of benzene rings is 2. The average Bonchev–Trinajstić information content (AvgIpc) is 2.46. The zero-order chi connectivity index (χ0) is 15.6. The lowest BCUT2D eigenvalue weighted by atomic mass is 10.2. The Bertz CT molecular complexity index is 760. The Morgan fingerprint density at radius 1 is 1.19 bits per heavy atom. The number of sulfonamides is 1. The van der Waals surface area contributed by atoms with Gasteiger partial charge in [0.25, 0.3) is 10.0 Å². The van der Waals surface area contributed by atoms with Crippen LogP contribution in [0.2, 0.25) is 0 Å². The van der Waals surface area contributed by atoms with Crippen LogP contribution < -0.4 is 10.0 Å². The smallest absolute Gasteiger partial charge is 0.264 e. The highest BCUT2D eigenvalue weighted by molar-refractivity contribution is 7.92. The fourth-order valence-corrected chi connectivity index (χ4v) is 3.48. The van der Waals surface area contributed by atoms with Gasteiger partial charge >= 0.3 is 0 Å². The van der Waals surface area contributed by atoms with Gasteiger partial charge in [0.15, 0.2) is 0 Å². The van der Waals surface area contributed by atoms with Crippen LogP contribution in [0.4, 0.5) is 10.1 Å². The van der Waals surface area contributed by atoms with Crippen molar-refractivity contribution < 1.29 is 12.8 Å². The highest BCUT2D eigenvalue weighted by Gasteiger charge is 2.24. The minimum Gasteiger partial charge on any atom is -0.326 e. The first-order valence-electron chi connectivity index (χ1n) is 6.40. The van der Waals surface area contributed by atoms with Crippen molar-refractivity contribution in [2.75, 3.05) is 11.4 Å². The first-order chi connectivity index (χ1) is 9.86. The van der Waals surface area contributed by atoms with Crippen LogP contribution in [0.3, 0.4) is 0 Å². The van der Waals surface area contributed by atoms with Gasteiger partial charge in [0.05, 0.1) is 10.6 Å². The second-order valence-corrected chi connectivity index (χ2v) is 6.71. The number of nitrogens with two attached hydrogens (primary N) is 1. The number of halogens is 1. The SMILES string of the molecule is Cc1cccc(N(C)S(=O)(=O)c2cc(F)ccc2CN)c1. The third-order valence-electron chi connectivity index (χ3n) is 3.25. The molecular weight excluding hydrogens is 291 g/mol. The number of nitrogens with zero attached hydrogens (tertiary/aromatic N) is 1. The van der Waals surface area contributed by atoms with Gasteiger partial charge in [-0.15, -0.1) is 0 Å². The van der Waals surface area contributed by atoms with Gasteiger partial charge < -0.3 is 5.73 Å². The van der Waals surface area contributed by atoms with Gasteiger partial charge in [-0.3, -0.25) is 4.31 Å². The van der Waals surface area contributed by atoms with Crippen molar-refractivity contribution in [3.63, 3.8) is 0 Å². The molecule has 2 rings (SSSR count). The van der Waals surface area contributed by atoms with Crippen molar-refractivity contribution in [1.29, 1.82) is 0 Å². The van der Waals surface area contributed by atoms with Crippen molar-refractivity contribution in [3.8, 4) is 0 Å². The Morgan fingerprint density at radius 2 is 1.90 bits per heavy atom. The predicted octanol–water partition coefficient (Wildman–Crippen LogP) is 2.42. The topological polar surface area (TPSA) is 63.4 Å². The lowest BCUT2D eigenvalue weighted by molar-refractivity contribution is 0.587. The van der Waals surface area contributed by atoms with Gasteiger partial charge in [-0.2, -0.15) is 0 Å². The van der Waals surface area contributed by atoms with Crippen molar-refractivity contribution >= 4 is 15.7 Å². The van der Waals surface area contributed by atoms with Crippen LogP contribution >= 0.6 is 0 Å². The molecule has 21 heavy (non-hydrogen) atoms. The molecule has 0 bridgehead atoms. The highest BCUT2D eigenvalue weighted by atomic mass is 32.2. The second kappa shape index (κ2) is 5.83. The van der Waals surface area contributed by atoms with Gasteiger partial charge in [-0.1, -0.05) is 18.2 Å². The van der Waals surface area contributed by atoms with Crippen LogP contribution in [0.1, 0.15) is 11.1 Å². The molecule has 0 aliphatic heterocycles. The number of rotatable bonds is 4. The minimum absolute atomic E-state index is 0.0243. The summed E-state index contributed by atoms with van der Waals surface area (Å²) in [5.41, 5.74) is 7.39. The fraction of sp³-hybridized carbons (Fsp3) is 0.200. The number of aryl methyl sites for hydroxylation is 1. The summed E-state index contributed by atoms with van der Waals surface area (Å²) in [5, 5.41) is 0. The Hall–Kier alpha value is -1.92. The maximum atomic E-state index is 13.4. The Balaban J connectivity index is 2.54. The van der Waals surface area contributed by atoms with Crippen molar-refractivity contribution in [3.05, 3.63) is 59.4 Å². The Morgan fingerprint density at radius 3 is 2.52 bits per heavy atom. The van der Waals surface area contributed by atoms with Gasteiger partial charge in [0.2, 0.25) is 0 Å². The van der Waals surface area contributed by atoms with Crippen LogP contribution in [-0.2, 0) is 16.6 Å². The molecule has 0 spiro atoms. The molecule has 0 saturated carbocycles. The molecule has 0 heterocycles. The fourth-order valence-electron chi connectivity index (χ4n) is 2.05. The number of anilines is 1. The lowest BCUT2D eigenvalue weighted by Crippen LogP contribution is -2.28. The minimum atomic E-state index is -3.86. The maximum absolute atomic E-state index is 13.4. The number of hydrogen-bond acceptors (Lipinski definition) is 3. The first-order valence-corrected chi connectivity index (χ1v) is 7.84. The molecule has 2 aromatic rings. The molecule has 0 aliphatic carbocycles. The van der Waals surface area contributed by atoms with E-state index in [9.17, 15) is 12.8 Å². The molecule has 4 nitrogen and oxygen atoms in total. The monoisotopic (exact) mass is 308 g/mol. The first kappa shape index (κ1) is 15.5. The van der Waals surface area contributed by atoms with E-state index >= 15 is 0 Å². The molecule has 0 aromatic heterocycles. The van der Waals surface area contributed by atoms with E-state index in [-0.39, 0.29) is 11.4 Å². The van der Waals surface area contributed by atoms with Gasteiger partial charge in [0, 0.05) is 13.6 Å². The molecule has 0 saturated heterocycles. The third-order valence-corrected chi connectivity index (χ3v) is 5.12. The van der Waals surface area contributed by atoms with E-state index in [1.54, 1.807) is 18.2 Å². The third kappa shape index (κ3) is 3.06. The predicted molar refractivity (Wildman–Crippen MR) is 81.1 cm³/mol. The summed E-state index contributed by atoms with van der Waals surface area (Å²) in [5.74, 6) is -0.608. The van der Waals surface area contributed by atoms with Gasteiger partial charge in [-0.05, 0) is 42.3 Å². The van der Waals surface area contributed by atoms with E-state index in [2.05, 4.69) is 0 Å². The van der Waals surface area contributed by atoms with E-state index in [1.165, 1.54) is 19.2 Å². The summed E-state index contributed by atoms with van der Waals surface area (Å²) < 4.78 is 39.9. The summed E-state index contributed by atoms with van der Waals surface area (Å²) in [6.45, 7) is 1.90. The van der Waals surface area contributed by atoms with E-state index in [4.69, 9.17) is 5.73 Å². The maximum Gasteiger partial charge on any atom is 0.264 e. The summed E-state index contributed by atoms with van der Waals surface area (Å²) in [7, 11) is -2.42. The van der Waals surface area contributed by atoms with Crippen LogP contribution in [0.5, 0.6) is 0 Å². The lowest BCUT2D eigenvalue weighted by Gasteiger charge is -2.21. The highest BCUT2D eigenvalue weighted by Crippen LogP contribution is 2.25. The number of hydrogen-bond donors (Lipinski definition) is 1. The van der Waals surface area contributed by atoms with E-state index in [0.29, 0.717) is 11.3 Å². The summed E-state index contributed by atoms with van der Waals surface area (Å²) in [4.78, 5) is -0.103. The zero-order valence-electron chi connectivity index (χ0n) is 11.9. The Kier molecular flexibility index (Phi) is 4.29. The van der Waals surface area contributed by atoms with Crippen molar-refractivity contribution in [2.45, 2.75) is 18.4 Å². The Labute approximate surface area is 124 Å². The normalized spacial score (nSPS) is 11.4. The summed E-state index contributed by atoms with van der Waals surface area (Å²) >= 11 is 0. The van der Waals surface area contributed by atoms with Crippen molar-refractivity contribution in [1.82, 2.24) is 0 Å². The summed E-state index contributed by atoms with van der Waals surface area (Å²) in [6, 6.07) is 10.7. The quantitative estimate of drug-likeness (QED) is 0.943. The summed E-state index contributed by atoms with van der Waals surface area (Å²) in [6.07, 6.45) is 0. The van der Waals surface area contributed by atoms with Crippen LogP contribution in [0.25, 0.3) is 0 Å². The zero-order valence-corrected chi connectivity index (χ0v) is 12.7. The van der Waals surface area contributed by atoms with Crippen LogP contribution in [0, 0.1) is 12.7 Å². The van der Waals surface area contributed by atoms with Crippen LogP contribution in [-0.4, -0.2) is 15.5 Å². The van der Waals surface area contributed by atoms with Gasteiger partial charge in [-0.25, -0.2) is 12.8 Å². The molecule has 0 unspecified atom stereocenters. The van der Waals surface area contributed by atoms with E-state index in [0.717, 1.165) is 15.9 Å². The molecule has 0 radical (unpaired) electrons. The molecule has 0 atom stereocenters. The average molecular weight is 308 g/mol. The molecule has 112 valence electrons.